The molecule has 2 rings (SSSR count). The average Bonchev–Trinajstić information content (AvgIpc) is 2.46. The number of nitrogens with two attached hydrogens (primary N) is 1. The third-order valence-electron chi connectivity index (χ3n) is 4.70. The second-order valence-electron chi connectivity index (χ2n) is 6.39. The van der Waals surface area contributed by atoms with Gasteiger partial charge in [0.1, 0.15) is 0 Å². The van der Waals surface area contributed by atoms with Crippen LogP contribution in [0.5, 0.6) is 0 Å². The Labute approximate surface area is 159 Å². The van der Waals surface area contributed by atoms with E-state index in [1.807, 2.05) is 0 Å². The van der Waals surface area contributed by atoms with E-state index >= 15 is 0 Å². The Balaban J connectivity index is 0. The minimum Gasteiger partial charge on any atom is -0.369 e. The number of unbranched alkanes of at least 4 members (excludes halogenated alkanes) is 1. The summed E-state index contributed by atoms with van der Waals surface area (Å²) in [5.41, 5.74) is 5.42. The second kappa shape index (κ2) is 13.5. The maximum atomic E-state index is 11.2. The first kappa shape index (κ1) is 25.5. The maximum Gasteiger partial charge on any atom is 0.221 e. The van der Waals surface area contributed by atoms with E-state index in [4.69, 9.17) is 5.73 Å². The molecule has 0 aromatic rings. The van der Waals surface area contributed by atoms with Crippen LogP contribution in [-0.4, -0.2) is 80.0 Å². The van der Waals surface area contributed by atoms with Gasteiger partial charge in [0, 0.05) is 32.7 Å². The van der Waals surface area contributed by atoms with Crippen molar-refractivity contribution in [3.8, 4) is 0 Å². The standard InChI is InChI=1S/C15H30N4O.3ClH/c1-17-9-11-18(12-10-17)6-2-3-7-19-8-4-5-14(13-19)15(16)20;;;/h14H,2-13H2,1H3,(H2,16,20);3*1H. The highest BCUT2D eigenvalue weighted by atomic mass is 35.5. The van der Waals surface area contributed by atoms with Crippen molar-refractivity contribution >= 4 is 43.1 Å². The number of carbonyl (C=O) groups excluding carboxylic acids is 1. The molecular weight excluding hydrogens is 359 g/mol. The largest absolute Gasteiger partial charge is 0.369 e. The Morgan fingerprint density at radius 1 is 0.957 bits per heavy atom. The topological polar surface area (TPSA) is 52.8 Å². The lowest BCUT2D eigenvalue weighted by Crippen LogP contribution is -2.45. The number of nitrogens with zero attached hydrogens (tertiary/aromatic N) is 3. The molecule has 2 fully saturated rings. The molecule has 0 bridgehead atoms. The number of likely N-dealkylation sites (N-methyl/N-ethyl adjacent to an activating group) is 1. The molecule has 0 saturated carbocycles. The minimum absolute atomic E-state index is 0. The number of likely N-dealkylation sites (tertiary alicyclic amines) is 1. The van der Waals surface area contributed by atoms with Crippen molar-refractivity contribution in [3.63, 3.8) is 0 Å². The van der Waals surface area contributed by atoms with Gasteiger partial charge in [-0.3, -0.25) is 4.79 Å². The lowest BCUT2D eigenvalue weighted by atomic mass is 9.97. The Bertz CT molecular complexity index is 315. The smallest absolute Gasteiger partial charge is 0.221 e. The van der Waals surface area contributed by atoms with E-state index in [1.54, 1.807) is 0 Å². The van der Waals surface area contributed by atoms with Crippen molar-refractivity contribution in [1.29, 1.82) is 0 Å². The zero-order valence-electron chi connectivity index (χ0n) is 14.1. The van der Waals surface area contributed by atoms with Crippen LogP contribution >= 0.6 is 37.2 Å². The van der Waals surface area contributed by atoms with Crippen LogP contribution in [0.2, 0.25) is 0 Å². The van der Waals surface area contributed by atoms with Crippen molar-refractivity contribution in [2.75, 3.05) is 59.4 Å². The normalized spacial score (nSPS) is 23.3. The molecule has 2 aliphatic rings. The summed E-state index contributed by atoms with van der Waals surface area (Å²) in [5, 5.41) is 0. The van der Waals surface area contributed by atoms with E-state index in [9.17, 15) is 4.79 Å². The van der Waals surface area contributed by atoms with E-state index in [1.165, 1.54) is 45.6 Å². The average molecular weight is 392 g/mol. The van der Waals surface area contributed by atoms with E-state index < -0.39 is 0 Å². The van der Waals surface area contributed by atoms with E-state index in [0.717, 1.165) is 32.5 Å². The van der Waals surface area contributed by atoms with Crippen molar-refractivity contribution in [2.24, 2.45) is 11.7 Å². The molecule has 2 saturated heterocycles. The number of piperidine rings is 1. The molecule has 2 N–H and O–H groups in total. The second-order valence-corrected chi connectivity index (χ2v) is 6.39. The van der Waals surface area contributed by atoms with Gasteiger partial charge < -0.3 is 20.4 Å². The van der Waals surface area contributed by atoms with Gasteiger partial charge in [0.25, 0.3) is 0 Å². The fourth-order valence-corrected chi connectivity index (χ4v) is 3.23. The summed E-state index contributed by atoms with van der Waals surface area (Å²) in [7, 11) is 2.20. The molecule has 23 heavy (non-hydrogen) atoms. The zero-order valence-corrected chi connectivity index (χ0v) is 16.6. The Morgan fingerprint density at radius 2 is 1.52 bits per heavy atom. The number of piperazine rings is 1. The van der Waals surface area contributed by atoms with Gasteiger partial charge in [-0.15, -0.1) is 37.2 Å². The van der Waals surface area contributed by atoms with Crippen LogP contribution in [-0.2, 0) is 4.79 Å². The van der Waals surface area contributed by atoms with Gasteiger partial charge >= 0.3 is 0 Å². The highest BCUT2D eigenvalue weighted by Gasteiger charge is 2.23. The van der Waals surface area contributed by atoms with Gasteiger partial charge in [-0.05, 0) is 52.4 Å². The number of halogens is 3. The molecule has 1 unspecified atom stereocenters. The molecule has 0 spiro atoms. The number of hydrogen-bond acceptors (Lipinski definition) is 4. The van der Waals surface area contributed by atoms with Gasteiger partial charge in [-0.2, -0.15) is 0 Å². The first-order valence-corrected chi connectivity index (χ1v) is 8.08. The van der Waals surface area contributed by atoms with Crippen LogP contribution in [0.3, 0.4) is 0 Å². The third-order valence-corrected chi connectivity index (χ3v) is 4.70. The summed E-state index contributed by atoms with van der Waals surface area (Å²) >= 11 is 0. The van der Waals surface area contributed by atoms with Gasteiger partial charge in [0.05, 0.1) is 5.92 Å². The molecular formula is C15H33Cl3N4O. The van der Waals surface area contributed by atoms with Gasteiger partial charge in [0.2, 0.25) is 5.91 Å². The van der Waals surface area contributed by atoms with Crippen LogP contribution < -0.4 is 5.73 Å². The predicted molar refractivity (Wildman–Crippen MR) is 103 cm³/mol. The molecule has 2 aliphatic heterocycles. The van der Waals surface area contributed by atoms with E-state index in [2.05, 4.69) is 21.7 Å². The Hall–Kier alpha value is 0.220. The summed E-state index contributed by atoms with van der Waals surface area (Å²) in [5.74, 6) is -0.0338. The van der Waals surface area contributed by atoms with Crippen molar-refractivity contribution in [3.05, 3.63) is 0 Å². The summed E-state index contributed by atoms with van der Waals surface area (Å²) in [6.07, 6.45) is 4.60. The van der Waals surface area contributed by atoms with Crippen LogP contribution in [0.4, 0.5) is 0 Å². The molecule has 1 amide bonds. The molecule has 1 atom stereocenters. The summed E-state index contributed by atoms with van der Waals surface area (Å²) in [6.45, 7) is 9.19. The number of hydrogen-bond donors (Lipinski definition) is 1. The van der Waals surface area contributed by atoms with Crippen molar-refractivity contribution in [1.82, 2.24) is 14.7 Å². The lowest BCUT2D eigenvalue weighted by Gasteiger charge is -2.33. The number of primary amides is 1. The molecule has 0 aliphatic carbocycles. The predicted octanol–water partition coefficient (Wildman–Crippen LogP) is 1.48. The van der Waals surface area contributed by atoms with Crippen molar-refractivity contribution in [2.45, 2.75) is 25.7 Å². The number of amides is 1. The summed E-state index contributed by atoms with van der Waals surface area (Å²) in [6, 6.07) is 0. The molecule has 0 aromatic carbocycles. The van der Waals surface area contributed by atoms with Gasteiger partial charge in [0.15, 0.2) is 0 Å². The first-order chi connectivity index (χ1) is 9.65. The van der Waals surface area contributed by atoms with E-state index in [0.29, 0.717) is 0 Å². The monoisotopic (exact) mass is 390 g/mol. The molecule has 8 heteroatoms. The molecule has 0 aromatic heterocycles. The van der Waals surface area contributed by atoms with Crippen molar-refractivity contribution < 1.29 is 4.79 Å². The molecule has 5 nitrogen and oxygen atoms in total. The highest BCUT2D eigenvalue weighted by molar-refractivity contribution is 5.86. The Kier molecular flexibility index (Phi) is 14.9. The highest BCUT2D eigenvalue weighted by Crippen LogP contribution is 2.16. The quantitative estimate of drug-likeness (QED) is 0.697. The fraction of sp³-hybridized carbons (Fsp3) is 0.933. The lowest BCUT2D eigenvalue weighted by molar-refractivity contribution is -0.123. The molecule has 2 heterocycles. The maximum absolute atomic E-state index is 11.2. The molecule has 0 radical (unpaired) electrons. The van der Waals surface area contributed by atoms with E-state index in [-0.39, 0.29) is 49.0 Å². The van der Waals surface area contributed by atoms with Crippen LogP contribution in [0, 0.1) is 5.92 Å². The fourth-order valence-electron chi connectivity index (χ4n) is 3.23. The minimum atomic E-state index is -0.118. The summed E-state index contributed by atoms with van der Waals surface area (Å²) < 4.78 is 0. The summed E-state index contributed by atoms with van der Waals surface area (Å²) in [4.78, 5) is 18.6. The number of rotatable bonds is 6. The number of carbonyl (C=O) groups is 1. The van der Waals surface area contributed by atoms with Gasteiger partial charge in [-0.25, -0.2) is 0 Å². The van der Waals surface area contributed by atoms with Crippen LogP contribution in [0.15, 0.2) is 0 Å². The van der Waals surface area contributed by atoms with Crippen LogP contribution in [0.25, 0.3) is 0 Å². The van der Waals surface area contributed by atoms with Gasteiger partial charge in [-0.1, -0.05) is 0 Å². The first-order valence-electron chi connectivity index (χ1n) is 8.08. The Morgan fingerprint density at radius 3 is 2.09 bits per heavy atom. The third kappa shape index (κ3) is 9.32. The SMILES string of the molecule is CN1CCN(CCCCN2CCCC(C(N)=O)C2)CC1.Cl.Cl.Cl. The zero-order chi connectivity index (χ0) is 14.4. The van der Waals surface area contributed by atoms with Crippen LogP contribution in [0.1, 0.15) is 25.7 Å². The molecule has 140 valence electrons.